The van der Waals surface area contributed by atoms with Crippen molar-refractivity contribution in [1.29, 1.82) is 0 Å². The van der Waals surface area contributed by atoms with E-state index in [1.165, 1.54) is 33.5 Å². The Kier molecular flexibility index (Phi) is 8.29. The van der Waals surface area contributed by atoms with Crippen molar-refractivity contribution >= 4 is 16.8 Å². The summed E-state index contributed by atoms with van der Waals surface area (Å²) in [4.78, 5) is 2.44. The van der Waals surface area contributed by atoms with Crippen LogP contribution in [0, 0.1) is 0 Å². The molecule has 30 heavy (non-hydrogen) atoms. The predicted molar refractivity (Wildman–Crippen MR) is 132 cm³/mol. The molecule has 0 saturated carbocycles. The third kappa shape index (κ3) is 5.61. The SMILES string of the molecule is CC/C(=C(\c1ccccc1)c1ccc(NCCN(CC)CC)cc1)c1ccccc1. The van der Waals surface area contributed by atoms with E-state index in [-0.39, 0.29) is 0 Å². The lowest BCUT2D eigenvalue weighted by Gasteiger charge is -2.19. The normalized spacial score (nSPS) is 12.0. The maximum atomic E-state index is 3.57. The van der Waals surface area contributed by atoms with Crippen molar-refractivity contribution in [2.45, 2.75) is 27.2 Å². The van der Waals surface area contributed by atoms with Crippen LogP contribution in [-0.4, -0.2) is 31.1 Å². The van der Waals surface area contributed by atoms with Crippen molar-refractivity contribution in [2.75, 3.05) is 31.5 Å². The van der Waals surface area contributed by atoms with Gasteiger partial charge in [0.1, 0.15) is 0 Å². The number of allylic oxidation sites excluding steroid dienone is 1. The van der Waals surface area contributed by atoms with Gasteiger partial charge in [-0.3, -0.25) is 0 Å². The van der Waals surface area contributed by atoms with Crippen molar-refractivity contribution in [1.82, 2.24) is 4.90 Å². The Labute approximate surface area is 182 Å². The van der Waals surface area contributed by atoms with Crippen LogP contribution in [0.1, 0.15) is 43.9 Å². The molecule has 0 heterocycles. The van der Waals surface area contributed by atoms with Gasteiger partial charge in [0, 0.05) is 18.8 Å². The molecule has 3 aromatic carbocycles. The van der Waals surface area contributed by atoms with Gasteiger partial charge in [0.05, 0.1) is 0 Å². The van der Waals surface area contributed by atoms with Gasteiger partial charge in [-0.2, -0.15) is 0 Å². The Bertz CT molecular complexity index is 908. The molecular weight excluding hydrogens is 364 g/mol. The molecule has 0 saturated heterocycles. The summed E-state index contributed by atoms with van der Waals surface area (Å²) in [6, 6.07) is 30.4. The number of hydrogen-bond acceptors (Lipinski definition) is 2. The molecule has 156 valence electrons. The van der Waals surface area contributed by atoms with Gasteiger partial charge in [0.25, 0.3) is 0 Å². The minimum atomic E-state index is 0.965. The van der Waals surface area contributed by atoms with Gasteiger partial charge in [0.2, 0.25) is 0 Å². The van der Waals surface area contributed by atoms with E-state index in [1.54, 1.807) is 0 Å². The molecule has 1 N–H and O–H groups in total. The average molecular weight is 399 g/mol. The van der Waals surface area contributed by atoms with Gasteiger partial charge < -0.3 is 10.2 Å². The maximum Gasteiger partial charge on any atom is 0.0341 e. The molecule has 0 atom stereocenters. The Hall–Kier alpha value is -2.84. The minimum Gasteiger partial charge on any atom is -0.384 e. The molecule has 0 fully saturated rings. The number of hydrogen-bond donors (Lipinski definition) is 1. The topological polar surface area (TPSA) is 15.3 Å². The van der Waals surface area contributed by atoms with Crippen molar-refractivity contribution in [2.24, 2.45) is 0 Å². The van der Waals surface area contributed by atoms with Gasteiger partial charge in [0.15, 0.2) is 0 Å². The average Bonchev–Trinajstić information content (AvgIpc) is 2.82. The number of benzene rings is 3. The first kappa shape index (κ1) is 21.9. The molecule has 0 aromatic heterocycles. The van der Waals surface area contributed by atoms with Crippen LogP contribution in [0.15, 0.2) is 84.9 Å². The fraction of sp³-hybridized carbons (Fsp3) is 0.286. The third-order valence-corrected chi connectivity index (χ3v) is 5.67. The van der Waals surface area contributed by atoms with Gasteiger partial charge in [-0.05, 0) is 59.5 Å². The first-order chi connectivity index (χ1) is 14.8. The molecule has 0 spiro atoms. The Balaban J connectivity index is 1.91. The van der Waals surface area contributed by atoms with E-state index in [4.69, 9.17) is 0 Å². The summed E-state index contributed by atoms with van der Waals surface area (Å²) in [5, 5.41) is 3.57. The zero-order valence-corrected chi connectivity index (χ0v) is 18.6. The predicted octanol–water partition coefficient (Wildman–Crippen LogP) is 6.81. The number of nitrogens with zero attached hydrogens (tertiary/aromatic N) is 1. The summed E-state index contributed by atoms with van der Waals surface area (Å²) < 4.78 is 0. The second-order valence-electron chi connectivity index (χ2n) is 7.47. The molecule has 2 heteroatoms. The Morgan fingerprint density at radius 2 is 1.20 bits per heavy atom. The van der Waals surface area contributed by atoms with E-state index < -0.39 is 0 Å². The van der Waals surface area contributed by atoms with Crippen LogP contribution in [0.4, 0.5) is 5.69 Å². The van der Waals surface area contributed by atoms with Crippen LogP contribution in [0.2, 0.25) is 0 Å². The molecule has 0 bridgehead atoms. The molecule has 0 radical (unpaired) electrons. The van der Waals surface area contributed by atoms with E-state index in [1.807, 2.05) is 0 Å². The maximum absolute atomic E-state index is 3.57. The molecule has 3 rings (SSSR count). The molecule has 0 aliphatic carbocycles. The minimum absolute atomic E-state index is 0.965. The zero-order valence-electron chi connectivity index (χ0n) is 18.6. The summed E-state index contributed by atoms with van der Waals surface area (Å²) in [5.41, 5.74) is 7.69. The molecular formula is C28H34N2. The van der Waals surface area contributed by atoms with E-state index in [0.717, 1.165) is 32.6 Å². The van der Waals surface area contributed by atoms with Crippen LogP contribution in [0.5, 0.6) is 0 Å². The number of rotatable bonds is 10. The lowest BCUT2D eigenvalue weighted by Crippen LogP contribution is -2.28. The first-order valence-corrected chi connectivity index (χ1v) is 11.2. The van der Waals surface area contributed by atoms with Crippen molar-refractivity contribution in [3.8, 4) is 0 Å². The monoisotopic (exact) mass is 398 g/mol. The second-order valence-corrected chi connectivity index (χ2v) is 7.47. The van der Waals surface area contributed by atoms with Crippen LogP contribution in [-0.2, 0) is 0 Å². The third-order valence-electron chi connectivity index (χ3n) is 5.67. The van der Waals surface area contributed by atoms with E-state index >= 15 is 0 Å². The highest BCUT2D eigenvalue weighted by Gasteiger charge is 2.12. The highest BCUT2D eigenvalue weighted by molar-refractivity contribution is 5.98. The van der Waals surface area contributed by atoms with Gasteiger partial charge in [-0.25, -0.2) is 0 Å². The smallest absolute Gasteiger partial charge is 0.0341 e. The standard InChI is InChI=1S/C28H34N2/c1-4-27(23-13-9-7-10-14-23)28(24-15-11-8-12-16-24)25-17-19-26(20-18-25)29-21-22-30(5-2)6-3/h7-20,29H,4-6,21-22H2,1-3H3/b28-27-. The quantitative estimate of drug-likeness (QED) is 0.377. The lowest BCUT2D eigenvalue weighted by molar-refractivity contribution is 0.316. The van der Waals surface area contributed by atoms with Crippen LogP contribution in [0.25, 0.3) is 11.1 Å². The second kappa shape index (κ2) is 11.4. The summed E-state index contributed by atoms with van der Waals surface area (Å²) >= 11 is 0. The molecule has 2 nitrogen and oxygen atoms in total. The van der Waals surface area contributed by atoms with E-state index in [9.17, 15) is 0 Å². The molecule has 0 aliphatic rings. The fourth-order valence-electron chi connectivity index (χ4n) is 3.94. The fourth-order valence-corrected chi connectivity index (χ4v) is 3.94. The van der Waals surface area contributed by atoms with Crippen molar-refractivity contribution < 1.29 is 0 Å². The molecule has 0 unspecified atom stereocenters. The van der Waals surface area contributed by atoms with Crippen molar-refractivity contribution in [3.05, 3.63) is 102 Å². The van der Waals surface area contributed by atoms with Gasteiger partial charge in [-0.1, -0.05) is 93.6 Å². The van der Waals surface area contributed by atoms with Crippen molar-refractivity contribution in [3.63, 3.8) is 0 Å². The van der Waals surface area contributed by atoms with Crippen LogP contribution in [0.3, 0.4) is 0 Å². The molecule has 0 amide bonds. The number of nitrogens with one attached hydrogen (secondary N) is 1. The van der Waals surface area contributed by atoms with Crippen LogP contribution < -0.4 is 5.32 Å². The molecule has 3 aromatic rings. The highest BCUT2D eigenvalue weighted by Crippen LogP contribution is 2.34. The number of likely N-dealkylation sites (N-methyl/N-ethyl adjacent to an activating group) is 1. The Morgan fingerprint density at radius 1 is 0.667 bits per heavy atom. The molecule has 0 aliphatic heterocycles. The number of anilines is 1. The van der Waals surface area contributed by atoms with E-state index in [2.05, 4.69) is 116 Å². The van der Waals surface area contributed by atoms with Gasteiger partial charge in [-0.15, -0.1) is 0 Å². The van der Waals surface area contributed by atoms with Crippen LogP contribution >= 0.6 is 0 Å². The summed E-state index contributed by atoms with van der Waals surface area (Å²) in [7, 11) is 0. The summed E-state index contributed by atoms with van der Waals surface area (Å²) in [6.07, 6.45) is 0.984. The Morgan fingerprint density at radius 3 is 1.73 bits per heavy atom. The lowest BCUT2D eigenvalue weighted by atomic mass is 9.88. The first-order valence-electron chi connectivity index (χ1n) is 11.2. The van der Waals surface area contributed by atoms with E-state index in [0.29, 0.717) is 0 Å². The van der Waals surface area contributed by atoms with Gasteiger partial charge >= 0.3 is 0 Å². The highest BCUT2D eigenvalue weighted by atomic mass is 15.1. The largest absolute Gasteiger partial charge is 0.384 e. The summed E-state index contributed by atoms with van der Waals surface area (Å²) in [5.74, 6) is 0. The zero-order chi connectivity index (χ0) is 21.2. The summed E-state index contributed by atoms with van der Waals surface area (Å²) in [6.45, 7) is 10.9.